The monoisotopic (exact) mass is 335 g/mol. The fourth-order valence-corrected chi connectivity index (χ4v) is 3.45. The molecule has 130 valence electrons. The van der Waals surface area contributed by atoms with Crippen LogP contribution >= 0.6 is 0 Å². The van der Waals surface area contributed by atoms with Gasteiger partial charge in [0.15, 0.2) is 0 Å². The van der Waals surface area contributed by atoms with Crippen molar-refractivity contribution in [1.29, 1.82) is 0 Å². The highest BCUT2D eigenvalue weighted by Gasteiger charge is 2.42. The van der Waals surface area contributed by atoms with Gasteiger partial charge in [0.2, 0.25) is 5.91 Å². The lowest BCUT2D eigenvalue weighted by Gasteiger charge is -2.33. The number of rotatable bonds is 4. The van der Waals surface area contributed by atoms with Gasteiger partial charge in [-0.2, -0.15) is 0 Å². The molecule has 1 heterocycles. The van der Waals surface area contributed by atoms with Gasteiger partial charge in [0.25, 0.3) is 0 Å². The molecule has 0 bridgehead atoms. The van der Waals surface area contributed by atoms with Crippen molar-refractivity contribution in [2.45, 2.75) is 39.0 Å². The molecule has 0 aromatic heterocycles. The van der Waals surface area contributed by atoms with Crippen molar-refractivity contribution in [3.63, 3.8) is 0 Å². The molecule has 25 heavy (non-hydrogen) atoms. The number of fused-ring (bicyclic) bond motifs is 1. The SMILES string of the molecule is C/C=C/C=C/C(=O)N1[C@@H](Cc2ccc3ccccc3c2)COC1(C)C. The maximum absolute atomic E-state index is 12.7. The predicted molar refractivity (Wildman–Crippen MR) is 102 cm³/mol. The molecule has 3 nitrogen and oxygen atoms in total. The van der Waals surface area contributed by atoms with E-state index in [0.717, 1.165) is 6.42 Å². The lowest BCUT2D eigenvalue weighted by molar-refractivity contribution is -0.140. The Morgan fingerprint density at radius 3 is 2.72 bits per heavy atom. The minimum atomic E-state index is -0.584. The first-order valence-corrected chi connectivity index (χ1v) is 8.75. The first-order chi connectivity index (χ1) is 12.0. The van der Waals surface area contributed by atoms with Crippen molar-refractivity contribution < 1.29 is 9.53 Å². The molecule has 0 aliphatic carbocycles. The van der Waals surface area contributed by atoms with Gasteiger partial charge < -0.3 is 9.64 Å². The Kier molecular flexibility index (Phi) is 5.05. The van der Waals surface area contributed by atoms with Gasteiger partial charge >= 0.3 is 0 Å². The molecule has 2 aromatic carbocycles. The highest BCUT2D eigenvalue weighted by Crippen LogP contribution is 2.30. The molecule has 0 spiro atoms. The van der Waals surface area contributed by atoms with Gasteiger partial charge in [0, 0.05) is 6.08 Å². The van der Waals surface area contributed by atoms with E-state index in [9.17, 15) is 4.79 Å². The van der Waals surface area contributed by atoms with E-state index in [-0.39, 0.29) is 11.9 Å². The van der Waals surface area contributed by atoms with Crippen LogP contribution in [0.2, 0.25) is 0 Å². The normalized spacial score (nSPS) is 20.1. The molecule has 0 radical (unpaired) electrons. The van der Waals surface area contributed by atoms with Crippen LogP contribution in [0.4, 0.5) is 0 Å². The Bertz CT molecular complexity index is 820. The number of nitrogens with zero attached hydrogens (tertiary/aromatic N) is 1. The van der Waals surface area contributed by atoms with Crippen LogP contribution in [0.25, 0.3) is 10.8 Å². The molecule has 1 atom stereocenters. The first-order valence-electron chi connectivity index (χ1n) is 8.75. The molecule has 1 fully saturated rings. The second-order valence-electron chi connectivity index (χ2n) is 6.89. The fraction of sp³-hybridized carbons (Fsp3) is 0.318. The van der Waals surface area contributed by atoms with Crippen molar-refractivity contribution in [3.8, 4) is 0 Å². The van der Waals surface area contributed by atoms with E-state index in [1.54, 1.807) is 12.2 Å². The predicted octanol–water partition coefficient (Wildman–Crippen LogP) is 4.48. The zero-order chi connectivity index (χ0) is 17.9. The molecule has 3 rings (SSSR count). The third-order valence-corrected chi connectivity index (χ3v) is 4.64. The van der Waals surface area contributed by atoms with Crippen molar-refractivity contribution in [1.82, 2.24) is 4.90 Å². The van der Waals surface area contributed by atoms with Crippen LogP contribution in [-0.2, 0) is 16.0 Å². The van der Waals surface area contributed by atoms with E-state index in [4.69, 9.17) is 4.74 Å². The third-order valence-electron chi connectivity index (χ3n) is 4.64. The van der Waals surface area contributed by atoms with Crippen molar-refractivity contribution in [2.75, 3.05) is 6.61 Å². The molecule has 1 saturated heterocycles. The number of benzene rings is 2. The summed E-state index contributed by atoms with van der Waals surface area (Å²) in [5, 5.41) is 2.46. The second kappa shape index (κ2) is 7.24. The Balaban J connectivity index is 1.82. The smallest absolute Gasteiger partial charge is 0.249 e. The van der Waals surface area contributed by atoms with Gasteiger partial charge in [-0.15, -0.1) is 0 Å². The number of ether oxygens (including phenoxy) is 1. The van der Waals surface area contributed by atoms with Gasteiger partial charge in [-0.05, 0) is 43.5 Å². The highest BCUT2D eigenvalue weighted by atomic mass is 16.5. The van der Waals surface area contributed by atoms with Gasteiger partial charge in [-0.25, -0.2) is 0 Å². The van der Waals surface area contributed by atoms with E-state index < -0.39 is 5.72 Å². The van der Waals surface area contributed by atoms with Crippen LogP contribution < -0.4 is 0 Å². The molecule has 2 aromatic rings. The minimum Gasteiger partial charge on any atom is -0.354 e. The van der Waals surface area contributed by atoms with Gasteiger partial charge in [0.1, 0.15) is 5.72 Å². The Hall–Kier alpha value is -2.39. The average Bonchev–Trinajstić information content (AvgIpc) is 2.89. The number of carbonyl (C=O) groups excluding carboxylic acids is 1. The zero-order valence-electron chi connectivity index (χ0n) is 15.1. The summed E-state index contributed by atoms with van der Waals surface area (Å²) in [4.78, 5) is 14.5. The summed E-state index contributed by atoms with van der Waals surface area (Å²) >= 11 is 0. The first kappa shape index (κ1) is 17.4. The van der Waals surface area contributed by atoms with E-state index in [1.807, 2.05) is 43.9 Å². The topological polar surface area (TPSA) is 29.5 Å². The summed E-state index contributed by atoms with van der Waals surface area (Å²) in [6, 6.07) is 14.9. The Labute approximate surface area is 149 Å². The van der Waals surface area contributed by atoms with E-state index in [2.05, 4.69) is 36.4 Å². The van der Waals surface area contributed by atoms with Crippen molar-refractivity contribution in [3.05, 3.63) is 72.3 Å². The summed E-state index contributed by atoms with van der Waals surface area (Å²) in [7, 11) is 0. The molecule has 3 heteroatoms. The van der Waals surface area contributed by atoms with Gasteiger partial charge in [-0.1, -0.05) is 60.7 Å². The second-order valence-corrected chi connectivity index (χ2v) is 6.89. The maximum atomic E-state index is 12.7. The number of carbonyl (C=O) groups is 1. The number of hydrogen-bond donors (Lipinski definition) is 0. The Morgan fingerprint density at radius 2 is 1.96 bits per heavy atom. The average molecular weight is 335 g/mol. The standard InChI is InChI=1S/C22H25NO2/c1-4-5-6-11-21(24)23-20(16-25-22(23,2)3)15-17-12-13-18-9-7-8-10-19(18)14-17/h4-14,20H,15-16H2,1-3H3/b5-4+,11-6+/t20-/m0/s1. The van der Waals surface area contributed by atoms with E-state index >= 15 is 0 Å². The van der Waals surface area contributed by atoms with Crippen LogP contribution in [0.15, 0.2) is 66.8 Å². The minimum absolute atomic E-state index is 0.00797. The van der Waals surface area contributed by atoms with Crippen LogP contribution in [0.5, 0.6) is 0 Å². The van der Waals surface area contributed by atoms with Crippen LogP contribution in [0, 0.1) is 0 Å². The largest absolute Gasteiger partial charge is 0.354 e. The van der Waals surface area contributed by atoms with Crippen molar-refractivity contribution in [2.24, 2.45) is 0 Å². The quantitative estimate of drug-likeness (QED) is 0.609. The number of allylic oxidation sites excluding steroid dienone is 3. The molecule has 0 N–H and O–H groups in total. The maximum Gasteiger partial charge on any atom is 0.249 e. The van der Waals surface area contributed by atoms with Crippen LogP contribution in [-0.4, -0.2) is 29.2 Å². The van der Waals surface area contributed by atoms with Crippen LogP contribution in [0.1, 0.15) is 26.3 Å². The third kappa shape index (κ3) is 3.83. The van der Waals surface area contributed by atoms with Gasteiger partial charge in [-0.3, -0.25) is 4.79 Å². The lowest BCUT2D eigenvalue weighted by Crippen LogP contribution is -2.47. The number of hydrogen-bond acceptors (Lipinski definition) is 2. The summed E-state index contributed by atoms with van der Waals surface area (Å²) in [5.74, 6) is -0.00797. The fourth-order valence-electron chi connectivity index (χ4n) is 3.45. The van der Waals surface area contributed by atoms with Gasteiger partial charge in [0.05, 0.1) is 12.6 Å². The molecule has 1 aliphatic heterocycles. The molecule has 0 unspecified atom stereocenters. The summed E-state index contributed by atoms with van der Waals surface area (Å²) in [5.41, 5.74) is 0.638. The van der Waals surface area contributed by atoms with Crippen LogP contribution in [0.3, 0.4) is 0 Å². The molecule has 1 aliphatic rings. The van der Waals surface area contributed by atoms with Crippen molar-refractivity contribution >= 4 is 16.7 Å². The zero-order valence-corrected chi connectivity index (χ0v) is 15.1. The number of amides is 1. The summed E-state index contributed by atoms with van der Waals surface area (Å²) < 4.78 is 5.91. The summed E-state index contributed by atoms with van der Waals surface area (Å²) in [6.07, 6.45) is 7.95. The highest BCUT2D eigenvalue weighted by molar-refractivity contribution is 5.89. The molecular formula is C22H25NO2. The van der Waals surface area contributed by atoms with E-state index in [1.165, 1.54) is 16.3 Å². The summed E-state index contributed by atoms with van der Waals surface area (Å²) in [6.45, 7) is 6.40. The molecule has 0 saturated carbocycles. The van der Waals surface area contributed by atoms with E-state index in [0.29, 0.717) is 6.61 Å². The molecule has 1 amide bonds. The Morgan fingerprint density at radius 1 is 1.20 bits per heavy atom. The lowest BCUT2D eigenvalue weighted by atomic mass is 10.0. The molecular weight excluding hydrogens is 310 g/mol.